The number of hydrogen-bond donors (Lipinski definition) is 0. The number of thioether (sulfide) groups is 1. The molecule has 3 nitrogen and oxygen atoms in total. The number of benzene rings is 1. The van der Waals surface area contributed by atoms with E-state index >= 15 is 0 Å². The summed E-state index contributed by atoms with van der Waals surface area (Å²) < 4.78 is 0. The lowest BCUT2D eigenvalue weighted by Crippen LogP contribution is -2.43. The molecule has 2 aliphatic rings. The second-order valence-electron chi connectivity index (χ2n) is 4.58. The minimum absolute atomic E-state index is 0.00111. The summed E-state index contributed by atoms with van der Waals surface area (Å²) in [5.41, 5.74) is 0.957. The number of anilines is 1. The van der Waals surface area contributed by atoms with E-state index in [1.807, 2.05) is 31.2 Å². The van der Waals surface area contributed by atoms with Crippen LogP contribution in [0.1, 0.15) is 13.3 Å². The van der Waals surface area contributed by atoms with Crippen molar-refractivity contribution in [2.45, 2.75) is 23.6 Å². The number of halogens is 1. The molecule has 5 heteroatoms. The Labute approximate surface area is 115 Å². The topological polar surface area (TPSA) is 32.7 Å². The van der Waals surface area contributed by atoms with Crippen molar-refractivity contribution in [3.8, 4) is 0 Å². The Morgan fingerprint density at radius 1 is 1.56 bits per heavy atom. The Hall–Kier alpha value is -1.00. The number of fused-ring (bicyclic) bond motifs is 3. The lowest BCUT2D eigenvalue weighted by atomic mass is 10.0. The molecule has 18 heavy (non-hydrogen) atoms. The average Bonchev–Trinajstić information content (AvgIpc) is 2.71. The minimum Gasteiger partial charge on any atom is -0.274 e. The molecule has 0 fully saturated rings. The van der Waals surface area contributed by atoms with Crippen LogP contribution >= 0.6 is 23.4 Å². The molecule has 2 unspecified atom stereocenters. The summed E-state index contributed by atoms with van der Waals surface area (Å²) in [5.74, 6) is 0.0398. The first-order valence-corrected chi connectivity index (χ1v) is 7.21. The van der Waals surface area contributed by atoms with Gasteiger partial charge in [-0.15, -0.1) is 11.6 Å². The van der Waals surface area contributed by atoms with Crippen LogP contribution in [0.2, 0.25) is 0 Å². The summed E-state index contributed by atoms with van der Waals surface area (Å²) in [6.45, 7) is 2.48. The van der Waals surface area contributed by atoms with Gasteiger partial charge in [0.15, 0.2) is 5.17 Å². The molecule has 0 radical (unpaired) electrons. The number of alkyl halides is 1. The first kappa shape index (κ1) is 12.1. The van der Waals surface area contributed by atoms with E-state index in [0.717, 1.165) is 15.8 Å². The molecule has 2 atom stereocenters. The van der Waals surface area contributed by atoms with Crippen LogP contribution in [0.4, 0.5) is 5.69 Å². The van der Waals surface area contributed by atoms with Gasteiger partial charge in [-0.3, -0.25) is 14.7 Å². The lowest BCUT2D eigenvalue weighted by Gasteiger charge is -2.27. The van der Waals surface area contributed by atoms with Gasteiger partial charge in [-0.05, 0) is 37.2 Å². The second-order valence-corrected chi connectivity index (χ2v) is 6.33. The molecule has 0 aliphatic carbocycles. The monoisotopic (exact) mass is 280 g/mol. The van der Waals surface area contributed by atoms with Gasteiger partial charge in [-0.25, -0.2) is 0 Å². The van der Waals surface area contributed by atoms with Crippen LogP contribution in [0, 0.1) is 5.92 Å². The van der Waals surface area contributed by atoms with E-state index in [4.69, 9.17) is 11.6 Å². The van der Waals surface area contributed by atoms with Crippen LogP contribution in [0.25, 0.3) is 0 Å². The SMILES string of the molecule is CC(Cl)CC1CN=C2Sc3ccccc3N2C1=O. The smallest absolute Gasteiger partial charge is 0.238 e. The highest BCUT2D eigenvalue weighted by molar-refractivity contribution is 8.14. The number of para-hydroxylation sites is 1. The van der Waals surface area contributed by atoms with Gasteiger partial charge in [0.05, 0.1) is 18.2 Å². The zero-order valence-corrected chi connectivity index (χ0v) is 11.5. The summed E-state index contributed by atoms with van der Waals surface area (Å²) in [6.07, 6.45) is 0.681. The molecule has 2 heterocycles. The molecule has 94 valence electrons. The van der Waals surface area contributed by atoms with Crippen molar-refractivity contribution in [3.05, 3.63) is 24.3 Å². The molecule has 0 N–H and O–H groups in total. The maximum absolute atomic E-state index is 12.5. The van der Waals surface area contributed by atoms with Gasteiger partial charge in [0, 0.05) is 10.3 Å². The molecule has 3 rings (SSSR count). The zero-order chi connectivity index (χ0) is 12.7. The van der Waals surface area contributed by atoms with E-state index in [-0.39, 0.29) is 17.2 Å². The number of amides is 1. The van der Waals surface area contributed by atoms with Crippen LogP contribution in [0.15, 0.2) is 34.2 Å². The number of rotatable bonds is 2. The van der Waals surface area contributed by atoms with Crippen molar-refractivity contribution in [2.75, 3.05) is 11.4 Å². The predicted octanol–water partition coefficient (Wildman–Crippen LogP) is 3.13. The van der Waals surface area contributed by atoms with Crippen molar-refractivity contribution in [1.82, 2.24) is 0 Å². The van der Waals surface area contributed by atoms with Gasteiger partial charge in [-0.1, -0.05) is 12.1 Å². The van der Waals surface area contributed by atoms with Crippen molar-refractivity contribution in [1.29, 1.82) is 0 Å². The zero-order valence-electron chi connectivity index (χ0n) is 9.97. The highest BCUT2D eigenvalue weighted by Crippen LogP contribution is 2.42. The van der Waals surface area contributed by atoms with Gasteiger partial charge in [0.2, 0.25) is 5.91 Å². The summed E-state index contributed by atoms with van der Waals surface area (Å²) >= 11 is 7.56. The number of nitrogens with zero attached hydrogens (tertiary/aromatic N) is 2. The fraction of sp³-hybridized carbons (Fsp3) is 0.385. The molecular formula is C13H13ClN2OS. The average molecular weight is 281 g/mol. The Kier molecular flexibility index (Phi) is 3.08. The third kappa shape index (κ3) is 1.93. The Bertz CT molecular complexity index is 529. The molecule has 0 bridgehead atoms. The fourth-order valence-electron chi connectivity index (χ4n) is 2.31. The number of carbonyl (C=O) groups is 1. The summed E-state index contributed by atoms with van der Waals surface area (Å²) in [6, 6.07) is 7.92. The van der Waals surface area contributed by atoms with E-state index < -0.39 is 0 Å². The lowest BCUT2D eigenvalue weighted by molar-refractivity contribution is -0.121. The Morgan fingerprint density at radius 3 is 3.11 bits per heavy atom. The van der Waals surface area contributed by atoms with Crippen molar-refractivity contribution in [2.24, 2.45) is 10.9 Å². The van der Waals surface area contributed by atoms with E-state index in [0.29, 0.717) is 13.0 Å². The number of hydrogen-bond acceptors (Lipinski definition) is 3. The van der Waals surface area contributed by atoms with E-state index in [2.05, 4.69) is 4.99 Å². The Balaban J connectivity index is 1.94. The van der Waals surface area contributed by atoms with Crippen molar-refractivity contribution < 1.29 is 4.79 Å². The van der Waals surface area contributed by atoms with Crippen LogP contribution in [-0.4, -0.2) is 23.0 Å². The standard InChI is InChI=1S/C13H13ClN2OS/c1-8(14)6-9-7-15-13-16(12(9)17)10-4-2-3-5-11(10)18-13/h2-5,8-9H,6-7H2,1H3. The van der Waals surface area contributed by atoms with Crippen molar-refractivity contribution in [3.63, 3.8) is 0 Å². The number of aliphatic imine (C=N–C) groups is 1. The molecular weight excluding hydrogens is 268 g/mol. The Morgan fingerprint density at radius 2 is 2.33 bits per heavy atom. The second kappa shape index (κ2) is 4.59. The molecule has 0 saturated carbocycles. The summed E-state index contributed by atoms with van der Waals surface area (Å²) in [7, 11) is 0. The first-order chi connectivity index (χ1) is 8.66. The van der Waals surface area contributed by atoms with Crippen LogP contribution in [-0.2, 0) is 4.79 Å². The molecule has 0 saturated heterocycles. The fourth-order valence-corrected chi connectivity index (χ4v) is 3.55. The molecule has 0 aromatic heterocycles. The van der Waals surface area contributed by atoms with Gasteiger partial charge in [0.25, 0.3) is 0 Å². The van der Waals surface area contributed by atoms with E-state index in [1.165, 1.54) is 0 Å². The summed E-state index contributed by atoms with van der Waals surface area (Å²) in [4.78, 5) is 19.8. The predicted molar refractivity (Wildman–Crippen MR) is 75.5 cm³/mol. The minimum atomic E-state index is -0.0898. The molecule has 1 aromatic carbocycles. The number of amidine groups is 1. The molecule has 0 spiro atoms. The normalized spacial score (nSPS) is 23.4. The molecule has 1 amide bonds. The largest absolute Gasteiger partial charge is 0.274 e. The van der Waals surface area contributed by atoms with Crippen LogP contribution < -0.4 is 4.90 Å². The highest BCUT2D eigenvalue weighted by Gasteiger charge is 2.38. The first-order valence-electron chi connectivity index (χ1n) is 5.96. The number of carbonyl (C=O) groups excluding carboxylic acids is 1. The van der Waals surface area contributed by atoms with Crippen LogP contribution in [0.3, 0.4) is 0 Å². The highest BCUT2D eigenvalue weighted by atomic mass is 35.5. The van der Waals surface area contributed by atoms with Gasteiger partial charge < -0.3 is 0 Å². The maximum Gasteiger partial charge on any atom is 0.238 e. The van der Waals surface area contributed by atoms with Crippen molar-refractivity contribution >= 4 is 40.1 Å². The van der Waals surface area contributed by atoms with Crippen LogP contribution in [0.5, 0.6) is 0 Å². The molecule has 1 aromatic rings. The van der Waals surface area contributed by atoms with Gasteiger partial charge >= 0.3 is 0 Å². The molecule has 2 aliphatic heterocycles. The van der Waals surface area contributed by atoms with Gasteiger partial charge in [-0.2, -0.15) is 0 Å². The quantitative estimate of drug-likeness (QED) is 0.780. The third-order valence-corrected chi connectivity index (χ3v) is 4.36. The van der Waals surface area contributed by atoms with Gasteiger partial charge in [0.1, 0.15) is 0 Å². The summed E-state index contributed by atoms with van der Waals surface area (Å²) in [5, 5.41) is 0.806. The van der Waals surface area contributed by atoms with E-state index in [1.54, 1.807) is 16.7 Å². The third-order valence-electron chi connectivity index (χ3n) is 3.12. The maximum atomic E-state index is 12.5. The van der Waals surface area contributed by atoms with E-state index in [9.17, 15) is 4.79 Å².